The lowest BCUT2D eigenvalue weighted by Gasteiger charge is -2.12. The van der Waals surface area contributed by atoms with Gasteiger partial charge in [0.05, 0.1) is 28.7 Å². The number of carbonyl (C=O) groups excluding carboxylic acids is 1. The van der Waals surface area contributed by atoms with Crippen molar-refractivity contribution in [1.82, 2.24) is 0 Å². The summed E-state index contributed by atoms with van der Waals surface area (Å²) >= 11 is 6.11. The fraction of sp³-hybridized carbons (Fsp3) is 0.238. The molecule has 9 heteroatoms. The number of ether oxygens (including phenoxy) is 3. The van der Waals surface area contributed by atoms with Gasteiger partial charge in [-0.1, -0.05) is 24.6 Å². The average Bonchev–Trinajstić information content (AvgIpc) is 3.08. The number of carbonyl (C=O) groups is 1. The van der Waals surface area contributed by atoms with Gasteiger partial charge in [-0.2, -0.15) is 0 Å². The summed E-state index contributed by atoms with van der Waals surface area (Å²) in [4.78, 5) is 26.9. The van der Waals surface area contributed by atoms with Crippen LogP contribution in [0.15, 0.2) is 47.1 Å². The van der Waals surface area contributed by atoms with Gasteiger partial charge in [0.1, 0.15) is 0 Å². The normalized spacial score (nSPS) is 14.4. The SMILES string of the molecule is CCCOc1ccc(C=C2N=C(c3cc([N+](=O)[O-])ccc3Cl)OC2=O)cc1OCC. The number of esters is 1. The molecule has 0 aromatic heterocycles. The highest BCUT2D eigenvalue weighted by Crippen LogP contribution is 2.31. The molecule has 3 rings (SSSR count). The highest BCUT2D eigenvalue weighted by molar-refractivity contribution is 6.34. The number of rotatable bonds is 8. The molecule has 30 heavy (non-hydrogen) atoms. The number of cyclic esters (lactones) is 1. The highest BCUT2D eigenvalue weighted by Gasteiger charge is 2.27. The summed E-state index contributed by atoms with van der Waals surface area (Å²) in [6.45, 7) is 4.89. The predicted molar refractivity (Wildman–Crippen MR) is 112 cm³/mol. The van der Waals surface area contributed by atoms with E-state index >= 15 is 0 Å². The molecule has 0 fully saturated rings. The van der Waals surface area contributed by atoms with Crippen molar-refractivity contribution in [2.45, 2.75) is 20.3 Å². The second-order valence-corrected chi connectivity index (χ2v) is 6.65. The van der Waals surface area contributed by atoms with E-state index in [9.17, 15) is 14.9 Å². The van der Waals surface area contributed by atoms with Crippen molar-refractivity contribution in [3.05, 3.63) is 68.4 Å². The Balaban J connectivity index is 1.93. The molecule has 0 saturated heterocycles. The predicted octanol–water partition coefficient (Wildman–Crippen LogP) is 4.78. The third kappa shape index (κ3) is 4.77. The maximum atomic E-state index is 12.3. The first-order valence-electron chi connectivity index (χ1n) is 9.29. The lowest BCUT2D eigenvalue weighted by molar-refractivity contribution is -0.384. The molecule has 0 N–H and O–H groups in total. The van der Waals surface area contributed by atoms with E-state index in [1.807, 2.05) is 13.8 Å². The van der Waals surface area contributed by atoms with Gasteiger partial charge in [0.2, 0.25) is 5.90 Å². The van der Waals surface area contributed by atoms with Crippen LogP contribution in [-0.4, -0.2) is 30.0 Å². The van der Waals surface area contributed by atoms with Crippen LogP contribution in [-0.2, 0) is 9.53 Å². The Morgan fingerprint density at radius 3 is 2.67 bits per heavy atom. The Bertz CT molecular complexity index is 1050. The fourth-order valence-electron chi connectivity index (χ4n) is 2.69. The van der Waals surface area contributed by atoms with E-state index in [2.05, 4.69) is 4.99 Å². The van der Waals surface area contributed by atoms with Crippen LogP contribution in [0.1, 0.15) is 31.4 Å². The van der Waals surface area contributed by atoms with Crippen molar-refractivity contribution >= 4 is 35.2 Å². The maximum Gasteiger partial charge on any atom is 0.363 e. The van der Waals surface area contributed by atoms with Crippen molar-refractivity contribution in [1.29, 1.82) is 0 Å². The molecular weight excluding hydrogens is 412 g/mol. The second-order valence-electron chi connectivity index (χ2n) is 6.24. The topological polar surface area (TPSA) is 100 Å². The summed E-state index contributed by atoms with van der Waals surface area (Å²) in [5, 5.41) is 11.2. The number of hydrogen-bond donors (Lipinski definition) is 0. The summed E-state index contributed by atoms with van der Waals surface area (Å²) in [5.41, 5.74) is 0.678. The van der Waals surface area contributed by atoms with Gasteiger partial charge in [-0.15, -0.1) is 0 Å². The first-order valence-corrected chi connectivity index (χ1v) is 9.67. The zero-order valence-electron chi connectivity index (χ0n) is 16.4. The van der Waals surface area contributed by atoms with Crippen molar-refractivity contribution < 1.29 is 23.9 Å². The molecular formula is C21H19ClN2O6. The van der Waals surface area contributed by atoms with Gasteiger partial charge in [-0.3, -0.25) is 10.1 Å². The Kier molecular flexibility index (Phi) is 6.68. The number of hydrogen-bond acceptors (Lipinski definition) is 7. The largest absolute Gasteiger partial charge is 0.490 e. The van der Waals surface area contributed by atoms with E-state index in [0.29, 0.717) is 30.3 Å². The molecule has 1 aliphatic heterocycles. The van der Waals surface area contributed by atoms with Crippen LogP contribution in [0.2, 0.25) is 5.02 Å². The molecule has 8 nitrogen and oxygen atoms in total. The molecule has 0 radical (unpaired) electrons. The Morgan fingerprint density at radius 2 is 1.97 bits per heavy atom. The molecule has 156 valence electrons. The minimum Gasteiger partial charge on any atom is -0.490 e. The molecule has 0 saturated carbocycles. The molecule has 0 aliphatic carbocycles. The number of nitro groups is 1. The van der Waals surface area contributed by atoms with Gasteiger partial charge in [-0.25, -0.2) is 9.79 Å². The smallest absolute Gasteiger partial charge is 0.363 e. The van der Waals surface area contributed by atoms with E-state index in [1.54, 1.807) is 18.2 Å². The minimum absolute atomic E-state index is 0.0391. The molecule has 0 atom stereocenters. The molecule has 2 aromatic rings. The first-order chi connectivity index (χ1) is 14.4. The Hall–Kier alpha value is -3.39. The number of nitrogens with zero attached hydrogens (tertiary/aromatic N) is 2. The quantitative estimate of drug-likeness (QED) is 0.258. The molecule has 2 aromatic carbocycles. The molecule has 1 heterocycles. The Labute approximate surface area is 177 Å². The van der Waals surface area contributed by atoms with E-state index in [1.165, 1.54) is 24.3 Å². The van der Waals surface area contributed by atoms with Crippen LogP contribution in [0, 0.1) is 10.1 Å². The van der Waals surface area contributed by atoms with Gasteiger partial charge < -0.3 is 14.2 Å². The van der Waals surface area contributed by atoms with Crippen molar-refractivity contribution in [3.8, 4) is 11.5 Å². The first kappa shape index (κ1) is 21.3. The maximum absolute atomic E-state index is 12.3. The van der Waals surface area contributed by atoms with Crippen molar-refractivity contribution in [2.75, 3.05) is 13.2 Å². The zero-order chi connectivity index (χ0) is 21.7. The van der Waals surface area contributed by atoms with E-state index < -0.39 is 10.9 Å². The van der Waals surface area contributed by atoms with Gasteiger partial charge in [-0.05, 0) is 43.2 Å². The van der Waals surface area contributed by atoms with Gasteiger partial charge in [0.25, 0.3) is 5.69 Å². The third-order valence-corrected chi connectivity index (χ3v) is 4.37. The number of non-ortho nitro benzene ring substituents is 1. The van der Waals surface area contributed by atoms with E-state index in [4.69, 9.17) is 25.8 Å². The fourth-order valence-corrected chi connectivity index (χ4v) is 2.89. The molecule has 0 amide bonds. The van der Waals surface area contributed by atoms with Crippen LogP contribution in [0.25, 0.3) is 6.08 Å². The van der Waals surface area contributed by atoms with Crippen LogP contribution in [0.5, 0.6) is 11.5 Å². The molecule has 1 aliphatic rings. The Morgan fingerprint density at radius 1 is 1.17 bits per heavy atom. The van der Waals surface area contributed by atoms with E-state index in [0.717, 1.165) is 6.42 Å². The highest BCUT2D eigenvalue weighted by atomic mass is 35.5. The molecule has 0 spiro atoms. The number of aliphatic imine (C=N–C) groups is 1. The number of halogens is 1. The number of nitro benzene ring substituents is 1. The lowest BCUT2D eigenvalue weighted by atomic mass is 10.1. The van der Waals surface area contributed by atoms with Crippen LogP contribution >= 0.6 is 11.6 Å². The van der Waals surface area contributed by atoms with Gasteiger partial charge in [0, 0.05) is 12.1 Å². The zero-order valence-corrected chi connectivity index (χ0v) is 17.1. The summed E-state index contributed by atoms with van der Waals surface area (Å²) in [6.07, 6.45) is 2.40. The number of benzene rings is 2. The standard InChI is InChI=1S/C21H19ClN2O6/c1-3-9-29-18-8-5-13(11-19(18)28-4-2)10-17-21(25)30-20(23-17)15-12-14(24(26)27)6-7-16(15)22/h5-8,10-12H,3-4,9H2,1-2H3. The minimum atomic E-state index is -0.683. The molecule has 0 bridgehead atoms. The van der Waals surface area contributed by atoms with Crippen LogP contribution in [0.3, 0.4) is 0 Å². The van der Waals surface area contributed by atoms with Gasteiger partial charge in [0.15, 0.2) is 17.2 Å². The van der Waals surface area contributed by atoms with Gasteiger partial charge >= 0.3 is 5.97 Å². The van der Waals surface area contributed by atoms with Crippen LogP contribution < -0.4 is 9.47 Å². The second kappa shape index (κ2) is 9.41. The summed E-state index contributed by atoms with van der Waals surface area (Å²) in [5.74, 6) is 0.393. The van der Waals surface area contributed by atoms with E-state index in [-0.39, 0.29) is 27.9 Å². The van der Waals surface area contributed by atoms with Crippen molar-refractivity contribution in [2.24, 2.45) is 4.99 Å². The lowest BCUT2D eigenvalue weighted by Crippen LogP contribution is -2.06. The monoisotopic (exact) mass is 430 g/mol. The van der Waals surface area contributed by atoms with Crippen LogP contribution in [0.4, 0.5) is 5.69 Å². The molecule has 0 unspecified atom stereocenters. The summed E-state index contributed by atoms with van der Waals surface area (Å²) < 4.78 is 16.5. The van der Waals surface area contributed by atoms with Crippen molar-refractivity contribution in [3.63, 3.8) is 0 Å². The average molecular weight is 431 g/mol. The summed E-state index contributed by atoms with van der Waals surface area (Å²) in [7, 11) is 0. The summed E-state index contributed by atoms with van der Waals surface area (Å²) in [6, 6.07) is 9.10. The third-order valence-electron chi connectivity index (χ3n) is 4.04.